The van der Waals surface area contributed by atoms with Gasteiger partial charge in [0.25, 0.3) is 17.4 Å². The summed E-state index contributed by atoms with van der Waals surface area (Å²) >= 11 is 6.11. The van der Waals surface area contributed by atoms with Gasteiger partial charge in [-0.15, -0.1) is 0 Å². The van der Waals surface area contributed by atoms with Crippen molar-refractivity contribution in [2.75, 3.05) is 12.8 Å². The fraction of sp³-hybridized carbons (Fsp3) is 0.0714. The summed E-state index contributed by atoms with van der Waals surface area (Å²) in [5.74, 6) is -0.981. The Kier molecular flexibility index (Phi) is 3.14. The number of halogens is 1. The number of fused-ring (bicyclic) bond motifs is 1. The highest BCUT2D eigenvalue weighted by atomic mass is 35.5. The molecule has 0 bridgehead atoms. The lowest BCUT2D eigenvalue weighted by molar-refractivity contribution is 0.0880. The minimum absolute atomic E-state index is 0.0384. The van der Waals surface area contributed by atoms with Crippen LogP contribution in [-0.4, -0.2) is 23.5 Å². The molecule has 1 aliphatic heterocycles. The van der Waals surface area contributed by atoms with E-state index >= 15 is 0 Å². The van der Waals surface area contributed by atoms with E-state index in [-0.39, 0.29) is 27.7 Å². The van der Waals surface area contributed by atoms with Crippen molar-refractivity contribution in [3.8, 4) is 11.4 Å². The van der Waals surface area contributed by atoms with Gasteiger partial charge in [0.15, 0.2) is 0 Å². The Morgan fingerprint density at radius 2 is 1.91 bits per heavy atom. The summed E-state index contributed by atoms with van der Waals surface area (Å²) in [4.78, 5) is 35.7. The highest BCUT2D eigenvalue weighted by molar-refractivity contribution is 6.32. The van der Waals surface area contributed by atoms with Crippen molar-refractivity contribution in [2.45, 2.75) is 0 Å². The summed E-state index contributed by atoms with van der Waals surface area (Å²) in [6, 6.07) is 5.74. The van der Waals surface area contributed by atoms with Crippen LogP contribution in [0.1, 0.15) is 20.7 Å². The number of amides is 2. The smallest absolute Gasteiger partial charge is 0.262 e. The monoisotopic (exact) mass is 319 g/mol. The zero-order chi connectivity index (χ0) is 16.0. The van der Waals surface area contributed by atoms with Gasteiger partial charge in [0.1, 0.15) is 11.6 Å². The summed E-state index contributed by atoms with van der Waals surface area (Å²) < 4.78 is 6.16. The number of methoxy groups -OCH3 is 1. The van der Waals surface area contributed by atoms with Crippen molar-refractivity contribution in [1.82, 2.24) is 9.88 Å². The average molecular weight is 320 g/mol. The van der Waals surface area contributed by atoms with Crippen molar-refractivity contribution in [3.05, 3.63) is 50.8 Å². The molecule has 0 radical (unpaired) electrons. The number of aromatic nitrogens is 1. The first-order valence-electron chi connectivity index (χ1n) is 6.19. The van der Waals surface area contributed by atoms with Crippen LogP contribution in [0.4, 0.5) is 5.82 Å². The summed E-state index contributed by atoms with van der Waals surface area (Å²) in [5.41, 5.74) is 5.54. The van der Waals surface area contributed by atoms with Crippen LogP contribution in [0.25, 0.3) is 5.69 Å². The number of nitrogens with two attached hydrogens (primary N) is 1. The number of hydrogen-bond donors (Lipinski definition) is 2. The van der Waals surface area contributed by atoms with E-state index in [0.29, 0.717) is 5.75 Å². The number of pyridine rings is 1. The number of carbonyl (C=O) groups excluding carboxylic acids is 2. The molecule has 0 aliphatic carbocycles. The molecule has 0 saturated carbocycles. The quantitative estimate of drug-likeness (QED) is 0.803. The molecule has 0 fully saturated rings. The van der Waals surface area contributed by atoms with Gasteiger partial charge >= 0.3 is 0 Å². The second kappa shape index (κ2) is 4.88. The number of nitrogens with zero attached hydrogens (tertiary/aromatic N) is 1. The number of anilines is 1. The van der Waals surface area contributed by atoms with Crippen LogP contribution >= 0.6 is 11.6 Å². The zero-order valence-corrected chi connectivity index (χ0v) is 12.1. The normalized spacial score (nSPS) is 13.0. The van der Waals surface area contributed by atoms with Crippen molar-refractivity contribution in [1.29, 1.82) is 0 Å². The lowest BCUT2D eigenvalue weighted by Gasteiger charge is -2.14. The van der Waals surface area contributed by atoms with Gasteiger partial charge < -0.3 is 10.5 Å². The molecule has 1 aromatic heterocycles. The van der Waals surface area contributed by atoms with Gasteiger partial charge in [-0.05, 0) is 12.1 Å². The molecule has 1 aromatic carbocycles. The number of carbonyl (C=O) groups is 2. The second-order valence-corrected chi connectivity index (χ2v) is 5.00. The fourth-order valence-electron chi connectivity index (χ4n) is 2.32. The minimum Gasteiger partial charge on any atom is -0.497 e. The van der Waals surface area contributed by atoms with Gasteiger partial charge in [-0.3, -0.25) is 24.3 Å². The third kappa shape index (κ3) is 1.94. The second-order valence-electron chi connectivity index (χ2n) is 4.59. The van der Waals surface area contributed by atoms with Crippen molar-refractivity contribution in [2.24, 2.45) is 0 Å². The first-order chi connectivity index (χ1) is 10.4. The van der Waals surface area contributed by atoms with Crippen molar-refractivity contribution in [3.63, 3.8) is 0 Å². The van der Waals surface area contributed by atoms with E-state index in [0.717, 1.165) is 10.6 Å². The third-order valence-corrected chi connectivity index (χ3v) is 3.67. The summed E-state index contributed by atoms with van der Waals surface area (Å²) in [6.07, 6.45) is 0. The van der Waals surface area contributed by atoms with Gasteiger partial charge in [0.05, 0.1) is 28.9 Å². The fourth-order valence-corrected chi connectivity index (χ4v) is 2.52. The van der Waals surface area contributed by atoms with Crippen LogP contribution in [0.3, 0.4) is 0 Å². The molecular formula is C14H10ClN3O4. The highest BCUT2D eigenvalue weighted by Crippen LogP contribution is 2.29. The third-order valence-electron chi connectivity index (χ3n) is 3.35. The number of hydrogen-bond acceptors (Lipinski definition) is 5. The standard InChI is InChI=1S/C14H10ClN3O4/c1-22-6-2-3-8(15)9(4-6)18-10(19)5-7-11(12(18)16)14(21)17-13(7)20/h2-5H,16H2,1H3,(H,17,20,21). The molecule has 2 heterocycles. The van der Waals surface area contributed by atoms with Crippen LogP contribution < -0.4 is 21.3 Å². The molecule has 2 aromatic rings. The van der Waals surface area contributed by atoms with E-state index in [1.54, 1.807) is 12.1 Å². The maximum atomic E-state index is 12.3. The SMILES string of the molecule is COc1ccc(Cl)c(-n2c(N)c3c(cc2=O)C(=O)NC3=O)c1. The van der Waals surface area contributed by atoms with E-state index in [4.69, 9.17) is 22.1 Å². The van der Waals surface area contributed by atoms with Crippen LogP contribution in [0.15, 0.2) is 29.1 Å². The Labute approximate surface area is 129 Å². The van der Waals surface area contributed by atoms with Gasteiger partial charge in [-0.2, -0.15) is 0 Å². The molecule has 7 nitrogen and oxygen atoms in total. The van der Waals surface area contributed by atoms with Gasteiger partial charge in [-0.25, -0.2) is 0 Å². The lowest BCUT2D eigenvalue weighted by Crippen LogP contribution is -2.24. The largest absolute Gasteiger partial charge is 0.497 e. The van der Waals surface area contributed by atoms with Gasteiger partial charge in [0, 0.05) is 12.1 Å². The van der Waals surface area contributed by atoms with Crippen LogP contribution in [-0.2, 0) is 0 Å². The van der Waals surface area contributed by atoms with Crippen LogP contribution in [0.2, 0.25) is 5.02 Å². The Balaban J connectivity index is 2.35. The molecule has 0 atom stereocenters. The molecule has 1 aliphatic rings. The Morgan fingerprint density at radius 3 is 2.59 bits per heavy atom. The van der Waals surface area contributed by atoms with Crippen LogP contribution in [0.5, 0.6) is 5.75 Å². The Hall–Kier alpha value is -2.80. The van der Waals surface area contributed by atoms with Gasteiger partial charge in [0.2, 0.25) is 0 Å². The predicted octanol–water partition coefficient (Wildman–Crippen LogP) is 0.965. The highest BCUT2D eigenvalue weighted by Gasteiger charge is 2.32. The van der Waals surface area contributed by atoms with E-state index in [1.807, 2.05) is 0 Å². The number of ether oxygens (including phenoxy) is 1. The number of rotatable bonds is 2. The molecule has 0 saturated heterocycles. The summed E-state index contributed by atoms with van der Waals surface area (Å²) in [6.45, 7) is 0. The molecule has 3 rings (SSSR count). The molecule has 8 heteroatoms. The Bertz CT molecular complexity index is 888. The molecule has 2 amide bonds. The molecule has 0 spiro atoms. The number of benzene rings is 1. The summed E-state index contributed by atoms with van der Waals surface area (Å²) in [5, 5.41) is 2.35. The maximum Gasteiger partial charge on any atom is 0.262 e. The maximum absolute atomic E-state index is 12.3. The van der Waals surface area contributed by atoms with Crippen LogP contribution in [0, 0.1) is 0 Å². The van der Waals surface area contributed by atoms with E-state index < -0.39 is 17.4 Å². The predicted molar refractivity (Wildman–Crippen MR) is 79.8 cm³/mol. The average Bonchev–Trinajstić information content (AvgIpc) is 2.75. The molecule has 112 valence electrons. The van der Waals surface area contributed by atoms with E-state index in [9.17, 15) is 14.4 Å². The molecule has 22 heavy (non-hydrogen) atoms. The van der Waals surface area contributed by atoms with E-state index in [2.05, 4.69) is 5.32 Å². The molecule has 0 unspecified atom stereocenters. The van der Waals surface area contributed by atoms with E-state index in [1.165, 1.54) is 13.2 Å². The number of nitrogen functional groups attached to an aromatic ring is 1. The Morgan fingerprint density at radius 1 is 1.18 bits per heavy atom. The van der Waals surface area contributed by atoms with Gasteiger partial charge in [-0.1, -0.05) is 11.6 Å². The minimum atomic E-state index is -0.648. The number of imide groups is 1. The first-order valence-corrected chi connectivity index (χ1v) is 6.57. The number of nitrogens with one attached hydrogen (secondary N) is 1. The lowest BCUT2D eigenvalue weighted by atomic mass is 10.1. The molecule has 3 N–H and O–H groups in total. The zero-order valence-electron chi connectivity index (χ0n) is 11.3. The van der Waals surface area contributed by atoms with Crippen molar-refractivity contribution < 1.29 is 14.3 Å². The summed E-state index contributed by atoms with van der Waals surface area (Å²) in [7, 11) is 1.47. The molecular weight excluding hydrogens is 310 g/mol. The first kappa shape index (κ1) is 14.2. The topological polar surface area (TPSA) is 103 Å². The van der Waals surface area contributed by atoms with Crippen molar-refractivity contribution >= 4 is 29.2 Å².